The maximum absolute atomic E-state index is 11.6. The van der Waals surface area contributed by atoms with Crippen LogP contribution >= 0.6 is 11.6 Å². The summed E-state index contributed by atoms with van der Waals surface area (Å²) in [5, 5.41) is 9.72. The van der Waals surface area contributed by atoms with Crippen molar-refractivity contribution in [3.63, 3.8) is 0 Å². The zero-order valence-corrected chi connectivity index (χ0v) is 12.9. The lowest BCUT2D eigenvalue weighted by Crippen LogP contribution is -2.37. The molecule has 118 valence electrons. The third kappa shape index (κ3) is 5.25. The number of halogens is 1. The van der Waals surface area contributed by atoms with E-state index in [-0.39, 0.29) is 6.03 Å². The molecular formula is C14H17ClN4O3. The van der Waals surface area contributed by atoms with Gasteiger partial charge in [-0.25, -0.2) is 9.78 Å². The van der Waals surface area contributed by atoms with Gasteiger partial charge in [-0.1, -0.05) is 23.7 Å². The number of amides is 2. The highest BCUT2D eigenvalue weighted by Gasteiger charge is 2.05. The van der Waals surface area contributed by atoms with E-state index < -0.39 is 0 Å². The molecule has 2 N–H and O–H groups in total. The summed E-state index contributed by atoms with van der Waals surface area (Å²) >= 11 is 5.72. The van der Waals surface area contributed by atoms with Gasteiger partial charge in [-0.05, 0) is 12.5 Å². The Morgan fingerprint density at radius 3 is 2.95 bits per heavy atom. The van der Waals surface area contributed by atoms with Crippen LogP contribution in [0.1, 0.15) is 18.4 Å². The minimum absolute atomic E-state index is 0.290. The van der Waals surface area contributed by atoms with E-state index >= 15 is 0 Å². The van der Waals surface area contributed by atoms with E-state index in [4.69, 9.17) is 20.9 Å². The van der Waals surface area contributed by atoms with Crippen molar-refractivity contribution in [1.29, 1.82) is 0 Å². The van der Waals surface area contributed by atoms with Crippen molar-refractivity contribution >= 4 is 17.6 Å². The Bertz CT molecular complexity index is 600. The van der Waals surface area contributed by atoms with Crippen molar-refractivity contribution in [2.24, 2.45) is 0 Å². The SMILES string of the molecule is CCc1cc(CNC(=O)NCCOc2ccc(Cl)cn2)on1. The number of rotatable bonds is 7. The van der Waals surface area contributed by atoms with Gasteiger partial charge in [0.15, 0.2) is 5.76 Å². The number of ether oxygens (including phenoxy) is 1. The average molecular weight is 325 g/mol. The Balaban J connectivity index is 1.60. The fourth-order valence-corrected chi connectivity index (χ4v) is 1.72. The lowest BCUT2D eigenvalue weighted by molar-refractivity contribution is 0.234. The minimum Gasteiger partial charge on any atom is -0.476 e. The van der Waals surface area contributed by atoms with Gasteiger partial charge in [0.05, 0.1) is 23.8 Å². The third-order valence-electron chi connectivity index (χ3n) is 2.73. The first-order chi connectivity index (χ1) is 10.7. The van der Waals surface area contributed by atoms with Crippen LogP contribution in [-0.2, 0) is 13.0 Å². The monoisotopic (exact) mass is 324 g/mol. The van der Waals surface area contributed by atoms with Gasteiger partial charge in [-0.3, -0.25) is 0 Å². The summed E-state index contributed by atoms with van der Waals surface area (Å²) in [6, 6.07) is 4.86. The number of carbonyl (C=O) groups excluding carboxylic acids is 1. The van der Waals surface area contributed by atoms with Crippen LogP contribution in [0.25, 0.3) is 0 Å². The first-order valence-corrected chi connectivity index (χ1v) is 7.25. The predicted molar refractivity (Wildman–Crippen MR) is 80.9 cm³/mol. The molecule has 0 saturated heterocycles. The molecule has 2 amide bonds. The van der Waals surface area contributed by atoms with E-state index in [0.29, 0.717) is 36.4 Å². The van der Waals surface area contributed by atoms with E-state index in [0.717, 1.165) is 12.1 Å². The number of urea groups is 1. The molecule has 0 atom stereocenters. The Labute approximate surface area is 133 Å². The van der Waals surface area contributed by atoms with Gasteiger partial charge in [0.2, 0.25) is 5.88 Å². The number of aryl methyl sites for hydroxylation is 1. The highest BCUT2D eigenvalue weighted by atomic mass is 35.5. The molecule has 0 bridgehead atoms. The molecule has 7 nitrogen and oxygen atoms in total. The van der Waals surface area contributed by atoms with Gasteiger partial charge in [-0.15, -0.1) is 0 Å². The second kappa shape index (κ2) is 8.23. The fraction of sp³-hybridized carbons (Fsp3) is 0.357. The highest BCUT2D eigenvalue weighted by Crippen LogP contribution is 2.10. The fourth-order valence-electron chi connectivity index (χ4n) is 1.60. The Morgan fingerprint density at radius 2 is 2.27 bits per heavy atom. The zero-order chi connectivity index (χ0) is 15.8. The molecular weight excluding hydrogens is 308 g/mol. The molecule has 0 aliphatic heterocycles. The molecule has 0 spiro atoms. The normalized spacial score (nSPS) is 10.3. The summed E-state index contributed by atoms with van der Waals surface area (Å²) in [5.41, 5.74) is 0.862. The molecule has 0 aromatic carbocycles. The molecule has 8 heteroatoms. The molecule has 0 saturated carbocycles. The number of pyridine rings is 1. The molecule has 2 heterocycles. The van der Waals surface area contributed by atoms with Crippen molar-refractivity contribution in [2.45, 2.75) is 19.9 Å². The number of nitrogens with one attached hydrogen (secondary N) is 2. The molecule has 0 unspecified atom stereocenters. The summed E-state index contributed by atoms with van der Waals surface area (Å²) < 4.78 is 10.4. The van der Waals surface area contributed by atoms with E-state index in [1.54, 1.807) is 12.1 Å². The second-order valence-corrected chi connectivity index (χ2v) is 4.85. The highest BCUT2D eigenvalue weighted by molar-refractivity contribution is 6.30. The summed E-state index contributed by atoms with van der Waals surface area (Å²) in [5.74, 6) is 1.08. The molecule has 0 aliphatic carbocycles. The summed E-state index contributed by atoms with van der Waals surface area (Å²) in [4.78, 5) is 15.6. The molecule has 2 aromatic heterocycles. The predicted octanol–water partition coefficient (Wildman–Crippen LogP) is 2.16. The maximum Gasteiger partial charge on any atom is 0.315 e. The van der Waals surface area contributed by atoms with Crippen molar-refractivity contribution < 1.29 is 14.1 Å². The Kier molecular flexibility index (Phi) is 6.02. The molecule has 0 radical (unpaired) electrons. The summed E-state index contributed by atoms with van der Waals surface area (Å²) in [6.07, 6.45) is 2.30. The first-order valence-electron chi connectivity index (χ1n) is 6.88. The summed E-state index contributed by atoms with van der Waals surface area (Å²) in [6.45, 7) is 2.94. The molecule has 0 aliphatic rings. The topological polar surface area (TPSA) is 89.3 Å². The Hall–Kier alpha value is -2.28. The van der Waals surface area contributed by atoms with E-state index in [9.17, 15) is 4.79 Å². The van der Waals surface area contributed by atoms with Gasteiger partial charge < -0.3 is 19.9 Å². The number of nitrogens with zero attached hydrogens (tertiary/aromatic N) is 2. The van der Waals surface area contributed by atoms with Crippen molar-refractivity contribution in [1.82, 2.24) is 20.8 Å². The third-order valence-corrected chi connectivity index (χ3v) is 2.95. The maximum atomic E-state index is 11.6. The van der Waals surface area contributed by atoms with Crippen LogP contribution < -0.4 is 15.4 Å². The van der Waals surface area contributed by atoms with Crippen LogP contribution in [-0.4, -0.2) is 29.3 Å². The number of hydrogen-bond acceptors (Lipinski definition) is 5. The molecule has 22 heavy (non-hydrogen) atoms. The quantitative estimate of drug-likeness (QED) is 0.762. The number of hydrogen-bond donors (Lipinski definition) is 2. The smallest absolute Gasteiger partial charge is 0.315 e. The second-order valence-electron chi connectivity index (χ2n) is 4.41. The zero-order valence-electron chi connectivity index (χ0n) is 12.1. The van der Waals surface area contributed by atoms with Crippen LogP contribution in [0.4, 0.5) is 4.79 Å². The van der Waals surface area contributed by atoms with E-state index in [1.807, 2.05) is 13.0 Å². The van der Waals surface area contributed by atoms with Gasteiger partial charge in [0, 0.05) is 18.3 Å². The van der Waals surface area contributed by atoms with Crippen LogP contribution in [0.5, 0.6) is 5.88 Å². The van der Waals surface area contributed by atoms with Gasteiger partial charge in [-0.2, -0.15) is 0 Å². The average Bonchev–Trinajstić information content (AvgIpc) is 2.99. The van der Waals surface area contributed by atoms with Crippen LogP contribution in [0.15, 0.2) is 28.9 Å². The van der Waals surface area contributed by atoms with Crippen LogP contribution in [0.3, 0.4) is 0 Å². The lowest BCUT2D eigenvalue weighted by Gasteiger charge is -2.07. The molecule has 2 aromatic rings. The number of carbonyl (C=O) groups is 1. The molecule has 2 rings (SSSR count). The van der Waals surface area contributed by atoms with E-state index in [2.05, 4.69) is 20.8 Å². The first kappa shape index (κ1) is 16.1. The van der Waals surface area contributed by atoms with Crippen LogP contribution in [0.2, 0.25) is 5.02 Å². The minimum atomic E-state index is -0.304. The van der Waals surface area contributed by atoms with Crippen molar-refractivity contribution in [2.75, 3.05) is 13.2 Å². The van der Waals surface area contributed by atoms with Crippen molar-refractivity contribution in [3.8, 4) is 5.88 Å². The van der Waals surface area contributed by atoms with Gasteiger partial charge >= 0.3 is 6.03 Å². The Morgan fingerprint density at radius 1 is 1.41 bits per heavy atom. The van der Waals surface area contributed by atoms with Crippen LogP contribution in [0, 0.1) is 0 Å². The molecule has 0 fully saturated rings. The summed E-state index contributed by atoms with van der Waals surface area (Å²) in [7, 11) is 0. The lowest BCUT2D eigenvalue weighted by atomic mass is 10.3. The number of aromatic nitrogens is 2. The van der Waals surface area contributed by atoms with Gasteiger partial charge in [0.1, 0.15) is 6.61 Å². The standard InChI is InChI=1S/C14H17ClN4O3/c1-2-11-7-12(22-19-11)9-18-14(20)16-5-6-21-13-4-3-10(15)8-17-13/h3-4,7-8H,2,5-6,9H2,1H3,(H2,16,18,20). The van der Waals surface area contributed by atoms with Gasteiger partial charge in [0.25, 0.3) is 0 Å². The van der Waals surface area contributed by atoms with E-state index in [1.165, 1.54) is 6.20 Å². The largest absolute Gasteiger partial charge is 0.476 e. The van der Waals surface area contributed by atoms with Crippen molar-refractivity contribution in [3.05, 3.63) is 40.9 Å².